The molecule has 2 fully saturated rings. The van der Waals surface area contributed by atoms with Crippen LogP contribution in [0.15, 0.2) is 0 Å². The number of rotatable bonds is 4. The molecule has 0 aromatic carbocycles. The monoisotopic (exact) mass is 312 g/mol. The zero-order valence-electron chi connectivity index (χ0n) is 12.9. The van der Waals surface area contributed by atoms with Gasteiger partial charge in [0, 0.05) is 0 Å². The fourth-order valence-electron chi connectivity index (χ4n) is 3.75. The molecule has 0 aromatic heterocycles. The maximum absolute atomic E-state index is 12.5. The highest BCUT2D eigenvalue weighted by Gasteiger charge is 2.35. The van der Waals surface area contributed by atoms with Crippen molar-refractivity contribution in [3.8, 4) is 6.07 Å². The topological polar surface area (TPSA) is 70.0 Å². The summed E-state index contributed by atoms with van der Waals surface area (Å²) in [5.41, 5.74) is -0.853. The summed E-state index contributed by atoms with van der Waals surface area (Å²) in [6.07, 6.45) is 12.2. The van der Waals surface area contributed by atoms with Crippen LogP contribution in [0.2, 0.25) is 0 Å². The van der Waals surface area contributed by atoms with Crippen LogP contribution < -0.4 is 4.72 Å². The van der Waals surface area contributed by atoms with Crippen LogP contribution in [0.5, 0.6) is 0 Å². The zero-order chi connectivity index (χ0) is 15.2. The molecule has 4 nitrogen and oxygen atoms in total. The summed E-state index contributed by atoms with van der Waals surface area (Å²) >= 11 is 0. The molecule has 0 radical (unpaired) electrons. The standard InChI is InChI=1S/C16H28N2O2S/c17-14-16(11-7-2-1-3-8-12-16)18-21(19,20)13-15-9-5-4-6-10-15/h15,18H,1-13H2. The first-order valence-corrected chi connectivity index (χ1v) is 10.1. The van der Waals surface area contributed by atoms with Crippen LogP contribution in [0, 0.1) is 17.2 Å². The van der Waals surface area contributed by atoms with Crippen molar-refractivity contribution in [2.24, 2.45) is 5.92 Å². The normalized spacial score (nSPS) is 24.7. The van der Waals surface area contributed by atoms with Crippen LogP contribution in [0.4, 0.5) is 0 Å². The minimum Gasteiger partial charge on any atom is -0.212 e. The Balaban J connectivity index is 1.99. The van der Waals surface area contributed by atoms with Gasteiger partial charge in [0.25, 0.3) is 0 Å². The molecule has 0 aromatic rings. The first-order valence-electron chi connectivity index (χ1n) is 8.48. The molecule has 120 valence electrons. The molecule has 1 N–H and O–H groups in total. The van der Waals surface area contributed by atoms with Gasteiger partial charge in [-0.3, -0.25) is 0 Å². The predicted molar refractivity (Wildman–Crippen MR) is 84.2 cm³/mol. The largest absolute Gasteiger partial charge is 0.213 e. The maximum Gasteiger partial charge on any atom is 0.213 e. The van der Waals surface area contributed by atoms with Gasteiger partial charge in [0.05, 0.1) is 11.8 Å². The second-order valence-electron chi connectivity index (χ2n) is 6.85. The van der Waals surface area contributed by atoms with Crippen molar-refractivity contribution in [1.82, 2.24) is 4.72 Å². The zero-order valence-corrected chi connectivity index (χ0v) is 13.8. The number of nitrogens with one attached hydrogen (secondary N) is 1. The van der Waals surface area contributed by atoms with Gasteiger partial charge in [0.2, 0.25) is 10.0 Å². The summed E-state index contributed by atoms with van der Waals surface area (Å²) in [4.78, 5) is 0. The van der Waals surface area contributed by atoms with E-state index in [1.807, 2.05) is 0 Å². The summed E-state index contributed by atoms with van der Waals surface area (Å²) in [7, 11) is -3.35. The second kappa shape index (κ2) is 7.60. The van der Waals surface area contributed by atoms with Crippen molar-refractivity contribution in [3.63, 3.8) is 0 Å². The van der Waals surface area contributed by atoms with Crippen LogP contribution in [-0.4, -0.2) is 19.7 Å². The lowest BCUT2D eigenvalue weighted by molar-refractivity contribution is 0.350. The number of nitriles is 1. The van der Waals surface area contributed by atoms with Gasteiger partial charge >= 0.3 is 0 Å². The molecule has 0 bridgehead atoms. The SMILES string of the molecule is N#CC1(NS(=O)(=O)CC2CCCCC2)CCCCCCC1. The molecule has 0 amide bonds. The van der Waals surface area contributed by atoms with E-state index in [1.54, 1.807) is 0 Å². The van der Waals surface area contributed by atoms with Crippen molar-refractivity contribution >= 4 is 10.0 Å². The molecule has 0 aliphatic heterocycles. The van der Waals surface area contributed by atoms with Gasteiger partial charge in [-0.25, -0.2) is 8.42 Å². The summed E-state index contributed by atoms with van der Waals surface area (Å²) in [5, 5.41) is 9.55. The van der Waals surface area contributed by atoms with E-state index in [9.17, 15) is 13.7 Å². The Labute approximate surface area is 129 Å². The third kappa shape index (κ3) is 5.27. The van der Waals surface area contributed by atoms with E-state index < -0.39 is 15.6 Å². The molecule has 21 heavy (non-hydrogen) atoms. The van der Waals surface area contributed by atoms with Crippen molar-refractivity contribution in [2.45, 2.75) is 82.6 Å². The van der Waals surface area contributed by atoms with Crippen molar-refractivity contribution in [1.29, 1.82) is 5.26 Å². The molecule has 0 atom stereocenters. The first-order chi connectivity index (χ1) is 10.1. The number of hydrogen-bond acceptors (Lipinski definition) is 3. The Hall–Kier alpha value is -0.600. The third-order valence-electron chi connectivity index (χ3n) is 4.95. The summed E-state index contributed by atoms with van der Waals surface area (Å²) in [5.74, 6) is 0.483. The van der Waals surface area contributed by atoms with Gasteiger partial charge < -0.3 is 0 Å². The van der Waals surface area contributed by atoms with Crippen molar-refractivity contribution < 1.29 is 8.42 Å². The van der Waals surface area contributed by atoms with E-state index in [0.717, 1.165) is 51.4 Å². The molecule has 0 saturated heterocycles. The van der Waals surface area contributed by atoms with E-state index in [-0.39, 0.29) is 11.7 Å². The molecule has 0 heterocycles. The fraction of sp³-hybridized carbons (Fsp3) is 0.938. The number of hydrogen-bond donors (Lipinski definition) is 1. The van der Waals surface area contributed by atoms with Gasteiger partial charge in [0.1, 0.15) is 5.54 Å². The van der Waals surface area contributed by atoms with E-state index >= 15 is 0 Å². The lowest BCUT2D eigenvalue weighted by Crippen LogP contribution is -2.49. The van der Waals surface area contributed by atoms with Crippen LogP contribution >= 0.6 is 0 Å². The molecular weight excluding hydrogens is 284 g/mol. The Bertz CT molecular complexity index is 453. The van der Waals surface area contributed by atoms with E-state index in [4.69, 9.17) is 0 Å². The lowest BCUT2D eigenvalue weighted by Gasteiger charge is -2.30. The third-order valence-corrected chi connectivity index (χ3v) is 6.56. The highest BCUT2D eigenvalue weighted by molar-refractivity contribution is 7.89. The molecule has 2 rings (SSSR count). The van der Waals surface area contributed by atoms with Crippen LogP contribution in [0.3, 0.4) is 0 Å². The quantitative estimate of drug-likeness (QED) is 0.863. The van der Waals surface area contributed by atoms with Gasteiger partial charge in [-0.05, 0) is 31.6 Å². The van der Waals surface area contributed by atoms with Crippen LogP contribution in [-0.2, 0) is 10.0 Å². The average molecular weight is 312 g/mol. The minimum absolute atomic E-state index is 0.205. The molecule has 2 saturated carbocycles. The number of sulfonamides is 1. The second-order valence-corrected chi connectivity index (χ2v) is 8.62. The van der Waals surface area contributed by atoms with E-state index in [1.165, 1.54) is 12.8 Å². The van der Waals surface area contributed by atoms with Gasteiger partial charge in [-0.2, -0.15) is 9.98 Å². The van der Waals surface area contributed by atoms with Gasteiger partial charge in [-0.1, -0.05) is 51.4 Å². The minimum atomic E-state index is -3.35. The molecule has 0 unspecified atom stereocenters. The number of nitrogens with zero attached hydrogens (tertiary/aromatic N) is 1. The maximum atomic E-state index is 12.5. The Morgan fingerprint density at radius 3 is 2.05 bits per heavy atom. The average Bonchev–Trinajstić information content (AvgIpc) is 2.42. The smallest absolute Gasteiger partial charge is 0.212 e. The van der Waals surface area contributed by atoms with E-state index in [0.29, 0.717) is 12.8 Å². The highest BCUT2D eigenvalue weighted by atomic mass is 32.2. The molecule has 2 aliphatic carbocycles. The molecule has 0 spiro atoms. The molecule has 2 aliphatic rings. The predicted octanol–water partition coefficient (Wildman–Crippen LogP) is 3.49. The Kier molecular flexibility index (Phi) is 6.07. The Morgan fingerprint density at radius 2 is 1.48 bits per heavy atom. The first kappa shape index (κ1) is 16.8. The lowest BCUT2D eigenvalue weighted by atomic mass is 9.86. The summed E-state index contributed by atoms with van der Waals surface area (Å²) in [6, 6.07) is 2.29. The molecular formula is C16H28N2O2S. The van der Waals surface area contributed by atoms with Crippen LogP contribution in [0.25, 0.3) is 0 Å². The summed E-state index contributed by atoms with van der Waals surface area (Å²) < 4.78 is 27.7. The Morgan fingerprint density at radius 1 is 0.952 bits per heavy atom. The summed E-state index contributed by atoms with van der Waals surface area (Å²) in [6.45, 7) is 0. The van der Waals surface area contributed by atoms with Crippen molar-refractivity contribution in [3.05, 3.63) is 0 Å². The highest BCUT2D eigenvalue weighted by Crippen LogP contribution is 2.29. The fourth-order valence-corrected chi connectivity index (χ4v) is 5.63. The van der Waals surface area contributed by atoms with E-state index in [2.05, 4.69) is 10.8 Å². The van der Waals surface area contributed by atoms with Gasteiger partial charge in [0.15, 0.2) is 0 Å². The van der Waals surface area contributed by atoms with Crippen molar-refractivity contribution in [2.75, 3.05) is 5.75 Å². The van der Waals surface area contributed by atoms with Crippen LogP contribution in [0.1, 0.15) is 77.0 Å². The molecule has 5 heteroatoms. The van der Waals surface area contributed by atoms with Gasteiger partial charge in [-0.15, -0.1) is 0 Å².